The summed E-state index contributed by atoms with van der Waals surface area (Å²) in [5, 5.41) is 2.76. The van der Waals surface area contributed by atoms with Crippen molar-refractivity contribution < 1.29 is 9.47 Å². The molecular weight excluding hydrogens is 400 g/mol. The number of rotatable bonds is 6. The molecule has 4 aromatic carbocycles. The number of fused-ring (bicyclic) bond motifs is 2. The second-order valence-electron chi connectivity index (χ2n) is 7.46. The minimum atomic E-state index is -0.0806. The molecule has 0 unspecified atom stereocenters. The number of ether oxygens (including phenoxy) is 2. The van der Waals surface area contributed by atoms with Crippen molar-refractivity contribution in [3.8, 4) is 22.9 Å². The molecule has 0 fully saturated rings. The molecule has 158 valence electrons. The van der Waals surface area contributed by atoms with Crippen LogP contribution in [-0.4, -0.2) is 23.3 Å². The molecule has 0 N–H and O–H groups in total. The zero-order chi connectivity index (χ0) is 21.9. The Morgan fingerprint density at radius 1 is 0.812 bits per heavy atom. The van der Waals surface area contributed by atoms with Gasteiger partial charge in [0.1, 0.15) is 23.9 Å². The summed E-state index contributed by atoms with van der Waals surface area (Å²) in [6.45, 7) is 0.721. The highest BCUT2D eigenvalue weighted by Gasteiger charge is 2.13. The number of aromatic nitrogens is 2. The average Bonchev–Trinajstić information content (AvgIpc) is 2.85. The first kappa shape index (κ1) is 19.8. The first-order valence-electron chi connectivity index (χ1n) is 10.5. The first-order chi connectivity index (χ1) is 15.7. The zero-order valence-corrected chi connectivity index (χ0v) is 17.7. The van der Waals surface area contributed by atoms with Crippen molar-refractivity contribution in [1.29, 1.82) is 0 Å². The minimum absolute atomic E-state index is 0.0806. The molecule has 0 bridgehead atoms. The molecule has 1 aromatic heterocycles. The van der Waals surface area contributed by atoms with Crippen molar-refractivity contribution in [2.75, 3.05) is 13.7 Å². The highest BCUT2D eigenvalue weighted by atomic mass is 16.5. The maximum absolute atomic E-state index is 13.3. The van der Waals surface area contributed by atoms with Gasteiger partial charge in [-0.2, -0.15) is 0 Å². The molecule has 0 aliphatic rings. The fourth-order valence-corrected chi connectivity index (χ4v) is 3.90. The molecule has 0 aliphatic heterocycles. The lowest BCUT2D eigenvalue weighted by Gasteiger charge is -2.15. The van der Waals surface area contributed by atoms with Crippen LogP contribution in [0.15, 0.2) is 95.8 Å². The van der Waals surface area contributed by atoms with Crippen LogP contribution in [0.1, 0.15) is 0 Å². The maximum Gasteiger partial charge on any atom is 0.261 e. The number of hydrogen-bond donors (Lipinski definition) is 0. The highest BCUT2D eigenvalue weighted by molar-refractivity contribution is 5.88. The topological polar surface area (TPSA) is 53.3 Å². The number of benzene rings is 4. The van der Waals surface area contributed by atoms with E-state index in [4.69, 9.17) is 14.5 Å². The average molecular weight is 422 g/mol. The predicted octanol–water partition coefficient (Wildman–Crippen LogP) is 5.30. The minimum Gasteiger partial charge on any atom is -0.497 e. The third-order valence-corrected chi connectivity index (χ3v) is 5.53. The van der Waals surface area contributed by atoms with Gasteiger partial charge in [-0.05, 0) is 47.9 Å². The summed E-state index contributed by atoms with van der Waals surface area (Å²) >= 11 is 0. The van der Waals surface area contributed by atoms with Gasteiger partial charge in [0.05, 0.1) is 24.6 Å². The van der Waals surface area contributed by atoms with Gasteiger partial charge >= 0.3 is 0 Å². The predicted molar refractivity (Wildman–Crippen MR) is 127 cm³/mol. The van der Waals surface area contributed by atoms with E-state index in [0.29, 0.717) is 29.9 Å². The van der Waals surface area contributed by atoms with Crippen LogP contribution >= 0.6 is 0 Å². The number of para-hydroxylation sites is 1. The monoisotopic (exact) mass is 422 g/mol. The molecule has 5 heteroatoms. The molecule has 0 saturated heterocycles. The Kier molecular flexibility index (Phi) is 5.30. The molecule has 5 nitrogen and oxygen atoms in total. The van der Waals surface area contributed by atoms with Crippen molar-refractivity contribution in [3.63, 3.8) is 0 Å². The van der Waals surface area contributed by atoms with E-state index in [1.54, 1.807) is 11.7 Å². The van der Waals surface area contributed by atoms with Crippen molar-refractivity contribution in [1.82, 2.24) is 9.55 Å². The molecular formula is C27H22N2O3. The van der Waals surface area contributed by atoms with E-state index in [2.05, 4.69) is 12.1 Å². The van der Waals surface area contributed by atoms with Gasteiger partial charge in [0.15, 0.2) is 0 Å². The highest BCUT2D eigenvalue weighted by Crippen LogP contribution is 2.26. The van der Waals surface area contributed by atoms with Crippen LogP contribution in [0.25, 0.3) is 33.1 Å². The third-order valence-electron chi connectivity index (χ3n) is 5.53. The summed E-state index contributed by atoms with van der Waals surface area (Å²) < 4.78 is 13.1. The zero-order valence-electron chi connectivity index (χ0n) is 17.7. The third kappa shape index (κ3) is 3.69. The second-order valence-corrected chi connectivity index (χ2v) is 7.46. The fraction of sp³-hybridized carbons (Fsp3) is 0.111. The Bertz CT molecular complexity index is 1450. The number of hydrogen-bond acceptors (Lipinski definition) is 4. The summed E-state index contributed by atoms with van der Waals surface area (Å²) in [6, 6.07) is 29.1. The van der Waals surface area contributed by atoms with Gasteiger partial charge in [0.2, 0.25) is 0 Å². The summed E-state index contributed by atoms with van der Waals surface area (Å²) in [4.78, 5) is 18.1. The molecule has 5 rings (SSSR count). The Morgan fingerprint density at radius 3 is 2.34 bits per heavy atom. The van der Waals surface area contributed by atoms with Crippen LogP contribution in [0.4, 0.5) is 0 Å². The molecule has 32 heavy (non-hydrogen) atoms. The lowest BCUT2D eigenvalue weighted by atomic mass is 10.1. The molecule has 0 atom stereocenters. The van der Waals surface area contributed by atoms with Crippen LogP contribution in [0.5, 0.6) is 11.5 Å². The van der Waals surface area contributed by atoms with Crippen LogP contribution in [-0.2, 0) is 6.54 Å². The van der Waals surface area contributed by atoms with Crippen molar-refractivity contribution in [2.45, 2.75) is 6.54 Å². The normalized spacial score (nSPS) is 11.0. The largest absolute Gasteiger partial charge is 0.497 e. The number of nitrogens with zero attached hydrogens (tertiary/aromatic N) is 2. The van der Waals surface area contributed by atoms with Crippen molar-refractivity contribution in [3.05, 3.63) is 101 Å². The fourth-order valence-electron chi connectivity index (χ4n) is 3.90. The summed E-state index contributed by atoms with van der Waals surface area (Å²) in [5.41, 5.74) is 1.44. The van der Waals surface area contributed by atoms with E-state index < -0.39 is 0 Å². The second kappa shape index (κ2) is 8.55. The van der Waals surface area contributed by atoms with Crippen molar-refractivity contribution in [2.24, 2.45) is 0 Å². The summed E-state index contributed by atoms with van der Waals surface area (Å²) in [6.07, 6.45) is 0. The van der Waals surface area contributed by atoms with Crippen LogP contribution in [0.3, 0.4) is 0 Å². The van der Waals surface area contributed by atoms with E-state index in [1.807, 2.05) is 78.9 Å². The van der Waals surface area contributed by atoms with Crippen LogP contribution < -0.4 is 15.0 Å². The maximum atomic E-state index is 13.3. The van der Waals surface area contributed by atoms with Gasteiger partial charge in [0.25, 0.3) is 5.56 Å². The quantitative estimate of drug-likeness (QED) is 0.372. The van der Waals surface area contributed by atoms with Crippen LogP contribution in [0, 0.1) is 0 Å². The molecule has 0 saturated carbocycles. The Balaban J connectivity index is 1.51. The van der Waals surface area contributed by atoms with Crippen molar-refractivity contribution >= 4 is 21.7 Å². The van der Waals surface area contributed by atoms with E-state index >= 15 is 0 Å². The molecule has 0 amide bonds. The summed E-state index contributed by atoms with van der Waals surface area (Å²) in [7, 11) is 1.63. The Labute approximate surface area is 185 Å². The van der Waals surface area contributed by atoms with Gasteiger partial charge < -0.3 is 9.47 Å². The smallest absolute Gasteiger partial charge is 0.261 e. The molecule has 0 spiro atoms. The number of methoxy groups -OCH3 is 1. The van der Waals surface area contributed by atoms with E-state index in [-0.39, 0.29) is 5.56 Å². The van der Waals surface area contributed by atoms with Gasteiger partial charge in [0, 0.05) is 10.9 Å². The Hall–Kier alpha value is -4.12. The lowest BCUT2D eigenvalue weighted by molar-refractivity contribution is 0.300. The van der Waals surface area contributed by atoms with Crippen LogP contribution in [0.2, 0.25) is 0 Å². The molecule has 0 radical (unpaired) electrons. The standard InChI is InChI=1S/C27H22N2O3/c1-31-21-15-13-20(14-16-21)26-28-24-11-5-4-10-23(24)27(30)29(26)17-18-32-25-12-6-8-19-7-2-3-9-22(19)25/h2-16H,17-18H2,1H3. The molecule has 5 aromatic rings. The Morgan fingerprint density at radius 2 is 1.53 bits per heavy atom. The molecule has 0 aliphatic carbocycles. The van der Waals surface area contributed by atoms with Gasteiger partial charge in [-0.15, -0.1) is 0 Å². The van der Waals surface area contributed by atoms with E-state index in [0.717, 1.165) is 27.8 Å². The molecule has 1 heterocycles. The first-order valence-corrected chi connectivity index (χ1v) is 10.5. The summed E-state index contributed by atoms with van der Waals surface area (Å²) in [5.74, 6) is 2.16. The van der Waals surface area contributed by atoms with Gasteiger partial charge in [-0.25, -0.2) is 4.98 Å². The van der Waals surface area contributed by atoms with Gasteiger partial charge in [-0.1, -0.05) is 48.5 Å². The lowest BCUT2D eigenvalue weighted by Crippen LogP contribution is -2.26. The van der Waals surface area contributed by atoms with Gasteiger partial charge in [-0.3, -0.25) is 9.36 Å². The van der Waals surface area contributed by atoms with E-state index in [1.165, 1.54) is 0 Å². The van der Waals surface area contributed by atoms with E-state index in [9.17, 15) is 4.79 Å². The SMILES string of the molecule is COc1ccc(-c2nc3ccccc3c(=O)n2CCOc2cccc3ccccc23)cc1.